The number of ether oxygens (including phenoxy) is 1. The second kappa shape index (κ2) is 13.8. The van der Waals surface area contributed by atoms with Crippen LogP contribution in [0.2, 0.25) is 13.1 Å². The molecule has 0 saturated heterocycles. The summed E-state index contributed by atoms with van der Waals surface area (Å²) in [5, 5.41) is 15.7. The summed E-state index contributed by atoms with van der Waals surface area (Å²) in [5.74, 6) is 1.59. The zero-order valence-electron chi connectivity index (χ0n) is 37.5. The average Bonchev–Trinajstić information content (AvgIpc) is 3.84. The molecule has 0 bridgehead atoms. The predicted octanol–water partition coefficient (Wildman–Crippen LogP) is 15.9. The molecule has 68 heavy (non-hydrogen) atoms. The molecule has 0 spiro atoms. The minimum Gasteiger partial charge on any atom is -0.453 e. The molecule has 0 fully saturated rings. The first kappa shape index (κ1) is 37.7. The van der Waals surface area contributed by atoms with Gasteiger partial charge in [-0.2, -0.15) is 0 Å². The standard InChI is InChI=1S/C63H41N3OSi/c1-68(2)58-22-11-9-19-48(58)62-49-27-23-39-14-12-20-47-55(34-43(37-59(62)68)61(49)60(39)47)66-51-21-10-8-18-46(51)50-33-40(24-28-52(50)66)41-25-29-53-56(35-41)67-57-36-42(63-45-17-7-6-13-38(45)31-32-64-63)26-30-54(57)65(53)44-15-4-3-5-16-44/h3-37H,1-2H3. The monoisotopic (exact) mass is 883 g/mol. The van der Waals surface area contributed by atoms with Gasteiger partial charge in [0.05, 0.1) is 33.8 Å². The van der Waals surface area contributed by atoms with E-state index < -0.39 is 8.07 Å². The summed E-state index contributed by atoms with van der Waals surface area (Å²) >= 11 is 0. The summed E-state index contributed by atoms with van der Waals surface area (Å²) in [5.41, 5.74) is 13.7. The van der Waals surface area contributed by atoms with Crippen molar-refractivity contribution in [1.29, 1.82) is 0 Å². The topological polar surface area (TPSA) is 30.3 Å². The van der Waals surface area contributed by atoms with Gasteiger partial charge in [0.1, 0.15) is 8.07 Å². The van der Waals surface area contributed by atoms with E-state index in [9.17, 15) is 0 Å². The van der Waals surface area contributed by atoms with E-state index >= 15 is 0 Å². The predicted molar refractivity (Wildman–Crippen MR) is 288 cm³/mol. The van der Waals surface area contributed by atoms with Crippen molar-refractivity contribution in [2.45, 2.75) is 13.1 Å². The van der Waals surface area contributed by atoms with Crippen LogP contribution in [0.1, 0.15) is 0 Å². The molecule has 0 aliphatic carbocycles. The van der Waals surface area contributed by atoms with E-state index in [0.29, 0.717) is 0 Å². The van der Waals surface area contributed by atoms with Crippen LogP contribution in [0.3, 0.4) is 0 Å². The van der Waals surface area contributed by atoms with Gasteiger partial charge in [-0.3, -0.25) is 4.98 Å². The van der Waals surface area contributed by atoms with Gasteiger partial charge in [-0.05, 0) is 132 Å². The third-order valence-electron chi connectivity index (χ3n) is 15.1. The van der Waals surface area contributed by atoms with Crippen LogP contribution >= 0.6 is 0 Å². The Hall–Kier alpha value is -8.51. The van der Waals surface area contributed by atoms with Crippen molar-refractivity contribution in [3.63, 3.8) is 0 Å². The molecular formula is C63H41N3OSi. The fraction of sp³-hybridized carbons (Fsp3) is 0.0317. The van der Waals surface area contributed by atoms with Gasteiger partial charge in [-0.15, -0.1) is 0 Å². The summed E-state index contributed by atoms with van der Waals surface area (Å²) in [7, 11) is -1.93. The van der Waals surface area contributed by atoms with Crippen LogP contribution in [0, 0.1) is 0 Å². The summed E-state index contributed by atoms with van der Waals surface area (Å²) in [6.45, 7) is 5.04. The van der Waals surface area contributed by atoms with E-state index in [4.69, 9.17) is 9.72 Å². The zero-order chi connectivity index (χ0) is 44.8. The van der Waals surface area contributed by atoms with E-state index in [0.717, 1.165) is 61.7 Å². The summed E-state index contributed by atoms with van der Waals surface area (Å²) in [4.78, 5) is 7.17. The number of anilines is 3. The van der Waals surface area contributed by atoms with Crippen LogP contribution in [-0.4, -0.2) is 17.6 Å². The maximum Gasteiger partial charge on any atom is 0.152 e. The van der Waals surface area contributed by atoms with E-state index in [1.807, 2.05) is 6.20 Å². The van der Waals surface area contributed by atoms with Crippen molar-refractivity contribution in [3.8, 4) is 50.7 Å². The van der Waals surface area contributed by atoms with Gasteiger partial charge in [0.25, 0.3) is 0 Å². The highest BCUT2D eigenvalue weighted by Gasteiger charge is 2.39. The summed E-state index contributed by atoms with van der Waals surface area (Å²) in [6.07, 6.45) is 1.89. The quantitative estimate of drug-likeness (QED) is 0.130. The Morgan fingerprint density at radius 1 is 0.426 bits per heavy atom. The molecule has 0 radical (unpaired) electrons. The summed E-state index contributed by atoms with van der Waals surface area (Å²) in [6, 6.07) is 75.8. The highest BCUT2D eigenvalue weighted by atomic mass is 28.3. The lowest BCUT2D eigenvalue weighted by Gasteiger charge is -2.33. The van der Waals surface area contributed by atoms with Crippen LogP contribution in [-0.2, 0) is 0 Å². The Labute approximate surface area is 393 Å². The molecule has 2 aliphatic rings. The van der Waals surface area contributed by atoms with Crippen LogP contribution < -0.4 is 20.0 Å². The fourth-order valence-corrected chi connectivity index (χ4v) is 15.1. The minimum atomic E-state index is -1.93. The first-order chi connectivity index (χ1) is 33.5. The molecule has 0 N–H and O–H groups in total. The number of rotatable bonds is 4. The van der Waals surface area contributed by atoms with Gasteiger partial charge in [-0.1, -0.05) is 153 Å². The Morgan fingerprint density at radius 3 is 1.99 bits per heavy atom. The molecule has 4 heterocycles. The van der Waals surface area contributed by atoms with Crippen LogP contribution in [0.4, 0.5) is 17.1 Å². The number of benzene rings is 11. The molecule has 15 rings (SSSR count). The van der Waals surface area contributed by atoms with Crippen molar-refractivity contribution in [3.05, 3.63) is 212 Å². The first-order valence-corrected chi connectivity index (χ1v) is 26.5. The third-order valence-corrected chi connectivity index (χ3v) is 18.6. The van der Waals surface area contributed by atoms with Crippen LogP contribution in [0.5, 0.6) is 11.5 Å². The Kier molecular flexibility index (Phi) is 7.63. The number of aromatic nitrogens is 2. The maximum atomic E-state index is 6.97. The lowest BCUT2D eigenvalue weighted by molar-refractivity contribution is 0.477. The summed E-state index contributed by atoms with van der Waals surface area (Å²) < 4.78 is 9.48. The second-order valence-corrected chi connectivity index (χ2v) is 23.4. The van der Waals surface area contributed by atoms with Crippen molar-refractivity contribution in [2.24, 2.45) is 0 Å². The van der Waals surface area contributed by atoms with Gasteiger partial charge < -0.3 is 14.2 Å². The van der Waals surface area contributed by atoms with Gasteiger partial charge >= 0.3 is 0 Å². The van der Waals surface area contributed by atoms with Crippen molar-refractivity contribution >= 4 is 100 Å². The van der Waals surface area contributed by atoms with Crippen LogP contribution in [0.25, 0.3) is 104 Å². The van der Waals surface area contributed by atoms with E-state index in [1.54, 1.807) is 0 Å². The number of hydrogen-bond donors (Lipinski definition) is 0. The molecule has 4 nitrogen and oxygen atoms in total. The van der Waals surface area contributed by atoms with Crippen molar-refractivity contribution in [1.82, 2.24) is 9.55 Å². The van der Waals surface area contributed by atoms with Gasteiger partial charge in [0.15, 0.2) is 11.5 Å². The lowest BCUT2D eigenvalue weighted by atomic mass is 9.89. The highest BCUT2D eigenvalue weighted by Crippen LogP contribution is 2.53. The zero-order valence-corrected chi connectivity index (χ0v) is 38.5. The number of fused-ring (bicyclic) bond motifs is 10. The van der Waals surface area contributed by atoms with Crippen LogP contribution in [0.15, 0.2) is 212 Å². The normalized spacial score (nSPS) is 13.6. The molecule has 0 unspecified atom stereocenters. The van der Waals surface area contributed by atoms with Gasteiger partial charge in [0, 0.05) is 39.0 Å². The molecule has 2 aliphatic heterocycles. The maximum absolute atomic E-state index is 6.97. The number of para-hydroxylation sites is 2. The SMILES string of the molecule is C[Si]1(C)c2ccccc2-c2c1cc1cc(-n3c4ccccc4c4cc(-c5ccc6c(c5)Oc5cc(-c7nccc8ccccc78)ccc5N6c5ccccc5)ccc43)c3cccc4ccc2c1c43. The fourth-order valence-electron chi connectivity index (χ4n) is 12.0. The van der Waals surface area contributed by atoms with Gasteiger partial charge in [-0.25, -0.2) is 0 Å². The number of pyridine rings is 1. The number of hydrogen-bond acceptors (Lipinski definition) is 3. The van der Waals surface area contributed by atoms with E-state index in [-0.39, 0.29) is 0 Å². The lowest BCUT2D eigenvalue weighted by Crippen LogP contribution is -2.49. The van der Waals surface area contributed by atoms with E-state index in [2.05, 4.69) is 229 Å². The smallest absolute Gasteiger partial charge is 0.152 e. The average molecular weight is 884 g/mol. The molecule has 0 amide bonds. The molecule has 5 heteroatoms. The number of nitrogens with zero attached hydrogens (tertiary/aromatic N) is 3. The van der Waals surface area contributed by atoms with Gasteiger partial charge in [0.2, 0.25) is 0 Å². The molecule has 0 atom stereocenters. The Morgan fingerprint density at radius 2 is 1.10 bits per heavy atom. The third kappa shape index (κ3) is 5.16. The molecule has 0 saturated carbocycles. The molecule has 318 valence electrons. The first-order valence-electron chi connectivity index (χ1n) is 23.5. The molecule has 13 aromatic rings. The van der Waals surface area contributed by atoms with Crippen molar-refractivity contribution in [2.75, 3.05) is 4.90 Å². The minimum absolute atomic E-state index is 0.790. The Balaban J connectivity index is 0.896. The molecule has 2 aromatic heterocycles. The molecular weight excluding hydrogens is 843 g/mol. The largest absolute Gasteiger partial charge is 0.453 e. The van der Waals surface area contributed by atoms with E-state index in [1.165, 1.54) is 81.3 Å². The van der Waals surface area contributed by atoms with Crippen molar-refractivity contribution < 1.29 is 4.74 Å². The second-order valence-electron chi connectivity index (χ2n) is 19.1. The Bertz CT molecular complexity index is 4280. The highest BCUT2D eigenvalue weighted by molar-refractivity contribution is 7.04. The molecule has 11 aromatic carbocycles.